The van der Waals surface area contributed by atoms with Crippen molar-refractivity contribution in [1.82, 2.24) is 4.98 Å². The number of carboxylic acid groups (broad SMARTS) is 1. The topological polar surface area (TPSA) is 96.8 Å². The lowest BCUT2D eigenvalue weighted by Crippen LogP contribution is -2.35. The summed E-state index contributed by atoms with van der Waals surface area (Å²) in [5.74, 6) is -1.58. The van der Waals surface area contributed by atoms with Gasteiger partial charge < -0.3 is 14.2 Å². The van der Waals surface area contributed by atoms with Gasteiger partial charge in [0.2, 0.25) is 0 Å². The van der Waals surface area contributed by atoms with Crippen molar-refractivity contribution < 1.29 is 22.5 Å². The zero-order chi connectivity index (χ0) is 19.6. The van der Waals surface area contributed by atoms with Gasteiger partial charge in [-0.05, 0) is 31.2 Å². The lowest BCUT2D eigenvalue weighted by molar-refractivity contribution is -0.141. The quantitative estimate of drug-likeness (QED) is 0.758. The van der Waals surface area contributed by atoms with E-state index in [9.17, 15) is 18.3 Å². The number of pyridine rings is 1. The number of carboxylic acids is 1. The third kappa shape index (κ3) is 4.40. The minimum absolute atomic E-state index is 0.00568. The molecule has 1 aromatic heterocycles. The zero-order valence-corrected chi connectivity index (χ0v) is 15.9. The van der Waals surface area contributed by atoms with Gasteiger partial charge in [-0.3, -0.25) is 4.79 Å². The summed E-state index contributed by atoms with van der Waals surface area (Å²) >= 11 is 6.14. The smallest absolute Gasteiger partial charge is 0.338 e. The molecule has 2 aromatic rings. The molecular weight excluding hydrogens is 392 g/mol. The summed E-state index contributed by atoms with van der Waals surface area (Å²) in [7, 11) is -4.08. The molecule has 0 saturated carbocycles. The van der Waals surface area contributed by atoms with Crippen LogP contribution in [0.25, 0.3) is 0 Å². The summed E-state index contributed by atoms with van der Waals surface area (Å²) in [5, 5.41) is 9.74. The highest BCUT2D eigenvalue weighted by molar-refractivity contribution is 7.86. The SMILES string of the molecule is Cc1ccc(S(=O)(=O)OC2=CN(c3ncccc3Cl)CC(C(=O)O)C2)cc1. The minimum Gasteiger partial charge on any atom is -0.481 e. The normalized spacial score (nSPS) is 17.3. The third-order valence-electron chi connectivity index (χ3n) is 4.05. The van der Waals surface area contributed by atoms with Gasteiger partial charge in [-0.1, -0.05) is 29.3 Å². The van der Waals surface area contributed by atoms with E-state index in [1.165, 1.54) is 29.4 Å². The molecule has 0 radical (unpaired) electrons. The molecule has 1 N–H and O–H groups in total. The van der Waals surface area contributed by atoms with Crippen molar-refractivity contribution in [1.29, 1.82) is 0 Å². The van der Waals surface area contributed by atoms with Crippen molar-refractivity contribution in [3.05, 3.63) is 65.1 Å². The van der Waals surface area contributed by atoms with Crippen LogP contribution in [-0.2, 0) is 19.1 Å². The van der Waals surface area contributed by atoms with Gasteiger partial charge in [-0.2, -0.15) is 8.42 Å². The van der Waals surface area contributed by atoms with Gasteiger partial charge in [0.25, 0.3) is 0 Å². The molecule has 0 fully saturated rings. The fourth-order valence-electron chi connectivity index (χ4n) is 2.68. The number of benzene rings is 1. The zero-order valence-electron chi connectivity index (χ0n) is 14.4. The Hall–Kier alpha value is -2.58. The van der Waals surface area contributed by atoms with Gasteiger partial charge in [-0.25, -0.2) is 4.98 Å². The fraction of sp³-hybridized carbons (Fsp3) is 0.222. The number of aliphatic carboxylic acids is 1. The van der Waals surface area contributed by atoms with Crippen LogP contribution in [0.1, 0.15) is 12.0 Å². The number of aryl methyl sites for hydroxylation is 1. The number of allylic oxidation sites excluding steroid dienone is 1. The van der Waals surface area contributed by atoms with E-state index in [0.29, 0.717) is 10.8 Å². The predicted molar refractivity (Wildman–Crippen MR) is 99.9 cm³/mol. The van der Waals surface area contributed by atoms with Gasteiger partial charge in [-0.15, -0.1) is 0 Å². The van der Waals surface area contributed by atoms with Crippen LogP contribution in [0.4, 0.5) is 5.82 Å². The van der Waals surface area contributed by atoms with Gasteiger partial charge in [0, 0.05) is 25.4 Å². The van der Waals surface area contributed by atoms with Crippen LogP contribution in [-0.4, -0.2) is 31.0 Å². The fourth-order valence-corrected chi connectivity index (χ4v) is 3.86. The first kappa shape index (κ1) is 19.2. The van der Waals surface area contributed by atoms with Crippen molar-refractivity contribution in [2.75, 3.05) is 11.4 Å². The Morgan fingerprint density at radius 1 is 1.30 bits per heavy atom. The molecule has 1 unspecified atom stereocenters. The second-order valence-electron chi connectivity index (χ2n) is 6.15. The molecule has 9 heteroatoms. The monoisotopic (exact) mass is 408 g/mol. The number of carbonyl (C=O) groups is 1. The highest BCUT2D eigenvalue weighted by Gasteiger charge is 2.31. The first-order valence-electron chi connectivity index (χ1n) is 8.08. The number of hydrogen-bond acceptors (Lipinski definition) is 6. The number of rotatable bonds is 5. The van der Waals surface area contributed by atoms with E-state index >= 15 is 0 Å². The summed E-state index contributed by atoms with van der Waals surface area (Å²) < 4.78 is 30.3. The van der Waals surface area contributed by atoms with E-state index in [2.05, 4.69) is 4.98 Å². The largest absolute Gasteiger partial charge is 0.481 e. The Morgan fingerprint density at radius 2 is 2.00 bits per heavy atom. The summed E-state index contributed by atoms with van der Waals surface area (Å²) in [6.07, 6.45) is 2.89. The summed E-state index contributed by atoms with van der Waals surface area (Å²) in [4.78, 5) is 17.2. The van der Waals surface area contributed by atoms with E-state index in [1.807, 2.05) is 6.92 Å². The standard InChI is InChI=1S/C18H17ClN2O5S/c1-12-4-6-15(7-5-12)27(24,25)26-14-9-13(18(22)23)10-21(11-14)17-16(19)3-2-8-20-17/h2-8,11,13H,9-10H2,1H3,(H,22,23). The van der Waals surface area contributed by atoms with Gasteiger partial charge in [0.1, 0.15) is 10.7 Å². The van der Waals surface area contributed by atoms with Crippen molar-refractivity contribution >= 4 is 33.5 Å². The summed E-state index contributed by atoms with van der Waals surface area (Å²) in [6.45, 7) is 1.94. The number of hydrogen-bond donors (Lipinski definition) is 1. The lowest BCUT2D eigenvalue weighted by Gasteiger charge is -2.29. The molecule has 1 aliphatic heterocycles. The Balaban J connectivity index is 1.93. The number of nitrogens with zero attached hydrogens (tertiary/aromatic N) is 2. The van der Waals surface area contributed by atoms with Crippen LogP contribution >= 0.6 is 11.6 Å². The Labute approximate surface area is 162 Å². The molecule has 2 heterocycles. The summed E-state index contributed by atoms with van der Waals surface area (Å²) in [6, 6.07) is 9.46. The summed E-state index contributed by atoms with van der Waals surface area (Å²) in [5.41, 5.74) is 0.910. The molecule has 0 bridgehead atoms. The maximum Gasteiger partial charge on any atom is 0.338 e. The molecule has 0 saturated heterocycles. The first-order valence-corrected chi connectivity index (χ1v) is 9.87. The second kappa shape index (κ2) is 7.58. The Kier molecular flexibility index (Phi) is 5.38. The number of halogens is 1. The van der Waals surface area contributed by atoms with Crippen LogP contribution in [0, 0.1) is 12.8 Å². The molecule has 0 spiro atoms. The number of anilines is 1. The van der Waals surface area contributed by atoms with E-state index in [0.717, 1.165) is 5.56 Å². The van der Waals surface area contributed by atoms with Crippen molar-refractivity contribution in [3.8, 4) is 0 Å². The average molecular weight is 409 g/mol. The van der Waals surface area contributed by atoms with Gasteiger partial charge in [0.15, 0.2) is 5.82 Å². The Morgan fingerprint density at radius 3 is 2.63 bits per heavy atom. The van der Waals surface area contributed by atoms with Crippen LogP contribution in [0.15, 0.2) is 59.4 Å². The predicted octanol–water partition coefficient (Wildman–Crippen LogP) is 3.20. The van der Waals surface area contributed by atoms with E-state index < -0.39 is 22.0 Å². The van der Waals surface area contributed by atoms with E-state index in [1.54, 1.807) is 24.3 Å². The molecule has 7 nitrogen and oxygen atoms in total. The van der Waals surface area contributed by atoms with Crippen molar-refractivity contribution in [3.63, 3.8) is 0 Å². The molecule has 1 aliphatic rings. The minimum atomic E-state index is -4.08. The molecule has 0 amide bonds. The first-order chi connectivity index (χ1) is 12.8. The van der Waals surface area contributed by atoms with Crippen LogP contribution in [0.2, 0.25) is 5.02 Å². The highest BCUT2D eigenvalue weighted by Crippen LogP contribution is 2.31. The van der Waals surface area contributed by atoms with E-state index in [-0.39, 0.29) is 23.6 Å². The van der Waals surface area contributed by atoms with E-state index in [4.69, 9.17) is 15.8 Å². The number of aromatic nitrogens is 1. The van der Waals surface area contributed by atoms with Gasteiger partial charge >= 0.3 is 16.1 Å². The third-order valence-corrected chi connectivity index (χ3v) is 5.63. The maximum atomic E-state index is 12.5. The highest BCUT2D eigenvalue weighted by atomic mass is 35.5. The van der Waals surface area contributed by atoms with Crippen LogP contribution < -0.4 is 4.90 Å². The Bertz CT molecular complexity index is 989. The van der Waals surface area contributed by atoms with Crippen molar-refractivity contribution in [2.24, 2.45) is 5.92 Å². The second-order valence-corrected chi connectivity index (χ2v) is 8.10. The van der Waals surface area contributed by atoms with Crippen LogP contribution in [0.5, 0.6) is 0 Å². The molecule has 1 atom stereocenters. The van der Waals surface area contributed by atoms with Gasteiger partial charge in [0.05, 0.1) is 10.9 Å². The molecule has 3 rings (SSSR count). The molecule has 27 heavy (non-hydrogen) atoms. The molecule has 0 aliphatic carbocycles. The van der Waals surface area contributed by atoms with Crippen molar-refractivity contribution in [2.45, 2.75) is 18.2 Å². The molecule has 1 aromatic carbocycles. The molecule has 142 valence electrons. The average Bonchev–Trinajstić information content (AvgIpc) is 2.61. The van der Waals surface area contributed by atoms with Crippen LogP contribution in [0.3, 0.4) is 0 Å². The lowest BCUT2D eigenvalue weighted by atomic mass is 10.0. The maximum absolute atomic E-state index is 12.5. The molecular formula is C18H17ClN2O5S.